The molecule has 0 radical (unpaired) electrons. The van der Waals surface area contributed by atoms with Crippen LogP contribution in [0.4, 0.5) is 0 Å². The second-order valence-corrected chi connectivity index (χ2v) is 7.44. The summed E-state index contributed by atoms with van der Waals surface area (Å²) in [4.78, 5) is 0. The zero-order chi connectivity index (χ0) is 21.3. The molecule has 7 nitrogen and oxygen atoms in total. The van der Waals surface area contributed by atoms with E-state index in [-0.39, 0.29) is 0 Å². The molecule has 30 heavy (non-hydrogen) atoms. The first kappa shape index (κ1) is 22.8. The smallest absolute Gasteiger partial charge is 0.189 e. The average molecular weight is 418 g/mol. The quantitative estimate of drug-likeness (QED) is 0.432. The lowest BCUT2D eigenvalue weighted by Crippen LogP contribution is -2.59. The highest BCUT2D eigenvalue weighted by Crippen LogP contribution is 2.24. The SMILES string of the molecule is OC[C@H]1O[C@@H](OC(CCCc2ccccc2)OCc2ccccc2)[C@H](O)[C@@H](O)[C@@H]1O. The topological polar surface area (TPSA) is 109 Å². The standard InChI is InChI=1S/C23H30O7/c24-14-18-20(25)21(26)22(27)23(29-18)30-19(28-15-17-10-5-2-6-11-17)13-7-12-16-8-3-1-4-9-16/h1-6,8-11,18-27H,7,12-15H2/t18-,19?,20-,21+,22-,23+/m1/s1. The Labute approximate surface area is 176 Å². The average Bonchev–Trinajstić information content (AvgIpc) is 2.79. The lowest BCUT2D eigenvalue weighted by Gasteiger charge is -2.40. The zero-order valence-corrected chi connectivity index (χ0v) is 16.8. The van der Waals surface area contributed by atoms with Gasteiger partial charge in [0.05, 0.1) is 13.2 Å². The Bertz CT molecular complexity index is 725. The summed E-state index contributed by atoms with van der Waals surface area (Å²) >= 11 is 0. The van der Waals surface area contributed by atoms with E-state index in [1.165, 1.54) is 5.56 Å². The van der Waals surface area contributed by atoms with Crippen LogP contribution in [0.1, 0.15) is 24.0 Å². The summed E-state index contributed by atoms with van der Waals surface area (Å²) in [5.74, 6) is 0. The van der Waals surface area contributed by atoms with Gasteiger partial charge in [-0.3, -0.25) is 0 Å². The summed E-state index contributed by atoms with van der Waals surface area (Å²) in [5, 5.41) is 39.6. The van der Waals surface area contributed by atoms with E-state index >= 15 is 0 Å². The predicted octanol–water partition coefficient (Wildman–Crippen LogP) is 1.37. The molecule has 0 spiro atoms. The molecular weight excluding hydrogens is 388 g/mol. The molecule has 6 atom stereocenters. The molecule has 0 aromatic heterocycles. The van der Waals surface area contributed by atoms with Crippen LogP contribution in [0, 0.1) is 0 Å². The van der Waals surface area contributed by atoms with E-state index in [9.17, 15) is 20.4 Å². The second-order valence-electron chi connectivity index (χ2n) is 7.44. The first-order valence-corrected chi connectivity index (χ1v) is 10.2. The van der Waals surface area contributed by atoms with Crippen LogP contribution < -0.4 is 0 Å². The van der Waals surface area contributed by atoms with Gasteiger partial charge in [-0.2, -0.15) is 0 Å². The van der Waals surface area contributed by atoms with Gasteiger partial charge in [-0.25, -0.2) is 0 Å². The largest absolute Gasteiger partial charge is 0.394 e. The molecule has 4 N–H and O–H groups in total. The molecule has 2 aromatic carbocycles. The number of hydrogen-bond donors (Lipinski definition) is 4. The third-order valence-corrected chi connectivity index (χ3v) is 5.16. The third kappa shape index (κ3) is 6.33. The first-order valence-electron chi connectivity index (χ1n) is 10.2. The van der Waals surface area contributed by atoms with Crippen LogP contribution in [0.3, 0.4) is 0 Å². The predicted molar refractivity (Wildman–Crippen MR) is 109 cm³/mol. The second kappa shape index (κ2) is 11.5. The Kier molecular flexibility index (Phi) is 8.77. The van der Waals surface area contributed by atoms with Crippen LogP contribution in [0.15, 0.2) is 60.7 Å². The summed E-state index contributed by atoms with van der Waals surface area (Å²) in [6.45, 7) is -0.192. The fourth-order valence-electron chi connectivity index (χ4n) is 3.40. The van der Waals surface area contributed by atoms with Crippen molar-refractivity contribution < 1.29 is 34.6 Å². The lowest BCUT2D eigenvalue weighted by atomic mass is 9.99. The van der Waals surface area contributed by atoms with Crippen molar-refractivity contribution in [1.82, 2.24) is 0 Å². The van der Waals surface area contributed by atoms with E-state index in [0.29, 0.717) is 13.0 Å². The highest BCUT2D eigenvalue weighted by Gasteiger charge is 2.44. The summed E-state index contributed by atoms with van der Waals surface area (Å²) in [5.41, 5.74) is 2.18. The van der Waals surface area contributed by atoms with E-state index in [1.807, 2.05) is 48.5 Å². The maximum absolute atomic E-state index is 10.3. The fourth-order valence-corrected chi connectivity index (χ4v) is 3.40. The number of aliphatic hydroxyl groups excluding tert-OH is 4. The molecule has 1 aliphatic heterocycles. The van der Waals surface area contributed by atoms with Crippen molar-refractivity contribution in [3.63, 3.8) is 0 Å². The van der Waals surface area contributed by atoms with Crippen molar-refractivity contribution in [2.45, 2.75) is 62.9 Å². The summed E-state index contributed by atoms with van der Waals surface area (Å²) < 4.78 is 17.2. The van der Waals surface area contributed by atoms with E-state index in [4.69, 9.17) is 14.2 Å². The molecule has 3 rings (SSSR count). The summed E-state index contributed by atoms with van der Waals surface area (Å²) in [6.07, 6.45) is -5.16. The van der Waals surface area contributed by atoms with Crippen LogP contribution in [-0.2, 0) is 27.2 Å². The van der Waals surface area contributed by atoms with Gasteiger partial charge in [0.2, 0.25) is 0 Å². The Hall–Kier alpha value is -1.84. The van der Waals surface area contributed by atoms with Gasteiger partial charge in [0.25, 0.3) is 0 Å². The summed E-state index contributed by atoms with van der Waals surface area (Å²) in [6, 6.07) is 19.7. The molecule has 0 amide bonds. The molecule has 1 heterocycles. The zero-order valence-electron chi connectivity index (χ0n) is 16.8. The third-order valence-electron chi connectivity index (χ3n) is 5.16. The van der Waals surface area contributed by atoms with Gasteiger partial charge < -0.3 is 34.6 Å². The Morgan fingerprint density at radius 2 is 1.47 bits per heavy atom. The molecule has 1 fully saturated rings. The molecule has 0 bridgehead atoms. The van der Waals surface area contributed by atoms with E-state index in [0.717, 1.165) is 18.4 Å². The number of ether oxygens (including phenoxy) is 3. The molecule has 1 aliphatic rings. The van der Waals surface area contributed by atoms with Crippen LogP contribution in [0.2, 0.25) is 0 Å². The minimum absolute atomic E-state index is 0.314. The normalized spacial score (nSPS) is 27.7. The number of benzene rings is 2. The van der Waals surface area contributed by atoms with E-state index < -0.39 is 43.6 Å². The molecule has 1 unspecified atom stereocenters. The van der Waals surface area contributed by atoms with Crippen LogP contribution in [-0.4, -0.2) is 64.0 Å². The minimum atomic E-state index is -1.49. The highest BCUT2D eigenvalue weighted by atomic mass is 16.8. The molecule has 7 heteroatoms. The number of aryl methyl sites for hydroxylation is 1. The minimum Gasteiger partial charge on any atom is -0.394 e. The van der Waals surface area contributed by atoms with Gasteiger partial charge in [0, 0.05) is 0 Å². The van der Waals surface area contributed by atoms with Crippen molar-refractivity contribution in [2.24, 2.45) is 0 Å². The van der Waals surface area contributed by atoms with Crippen LogP contribution in [0.5, 0.6) is 0 Å². The molecule has 0 saturated carbocycles. The summed E-state index contributed by atoms with van der Waals surface area (Å²) in [7, 11) is 0. The van der Waals surface area contributed by atoms with Gasteiger partial charge in [-0.05, 0) is 30.4 Å². The van der Waals surface area contributed by atoms with Crippen molar-refractivity contribution in [2.75, 3.05) is 6.61 Å². The van der Waals surface area contributed by atoms with Gasteiger partial charge in [0.15, 0.2) is 12.6 Å². The highest BCUT2D eigenvalue weighted by molar-refractivity contribution is 5.15. The molecule has 164 valence electrons. The maximum atomic E-state index is 10.3. The van der Waals surface area contributed by atoms with E-state index in [2.05, 4.69) is 12.1 Å². The number of rotatable bonds is 10. The van der Waals surface area contributed by atoms with Crippen molar-refractivity contribution in [3.05, 3.63) is 71.8 Å². The molecule has 1 saturated heterocycles. The van der Waals surface area contributed by atoms with Crippen LogP contribution >= 0.6 is 0 Å². The van der Waals surface area contributed by atoms with E-state index in [1.54, 1.807) is 0 Å². The van der Waals surface area contributed by atoms with Gasteiger partial charge in [-0.15, -0.1) is 0 Å². The lowest BCUT2D eigenvalue weighted by molar-refractivity contribution is -0.339. The van der Waals surface area contributed by atoms with Gasteiger partial charge in [0.1, 0.15) is 24.4 Å². The van der Waals surface area contributed by atoms with Crippen molar-refractivity contribution in [1.29, 1.82) is 0 Å². The Morgan fingerprint density at radius 3 is 2.10 bits per heavy atom. The van der Waals surface area contributed by atoms with Crippen molar-refractivity contribution in [3.8, 4) is 0 Å². The number of aliphatic hydroxyl groups is 4. The Morgan fingerprint density at radius 1 is 0.833 bits per heavy atom. The maximum Gasteiger partial charge on any atom is 0.189 e. The molecule has 0 aliphatic carbocycles. The van der Waals surface area contributed by atoms with Crippen LogP contribution in [0.25, 0.3) is 0 Å². The number of hydrogen-bond acceptors (Lipinski definition) is 7. The monoisotopic (exact) mass is 418 g/mol. The van der Waals surface area contributed by atoms with Gasteiger partial charge >= 0.3 is 0 Å². The Balaban J connectivity index is 1.61. The van der Waals surface area contributed by atoms with Gasteiger partial charge in [-0.1, -0.05) is 60.7 Å². The first-order chi connectivity index (χ1) is 14.6. The molecule has 2 aromatic rings. The van der Waals surface area contributed by atoms with Crippen molar-refractivity contribution >= 4 is 0 Å². The molecular formula is C23H30O7. The fraction of sp³-hybridized carbons (Fsp3) is 0.478.